The van der Waals surface area contributed by atoms with Crippen LogP contribution in [0.4, 0.5) is 17.6 Å². The monoisotopic (exact) mass is 400 g/mol. The molecule has 29 heavy (non-hydrogen) atoms. The Labute approximate surface area is 170 Å². The predicted octanol–water partition coefficient (Wildman–Crippen LogP) is 4.02. The number of aromatic nitrogens is 6. The number of imidazole rings is 1. The zero-order valence-electron chi connectivity index (χ0n) is 15.2. The lowest BCUT2D eigenvalue weighted by Gasteiger charge is -2.10. The molecule has 1 aromatic carbocycles. The summed E-state index contributed by atoms with van der Waals surface area (Å²) >= 11 is 1.62. The molecule has 0 aliphatic rings. The number of anilines is 3. The van der Waals surface area contributed by atoms with E-state index in [0.29, 0.717) is 35.3 Å². The minimum Gasteiger partial charge on any atom is -0.364 e. The number of nitrogens with one attached hydrogen (secondary N) is 2. The summed E-state index contributed by atoms with van der Waals surface area (Å²) in [5, 5.41) is 10.6. The molecular formula is C20H16N8S. The SMILES string of the molecule is c1ccc(CNc2nc(Nc3cnccn3)nc3c2ncn3-c2ccsc2)cc1. The van der Waals surface area contributed by atoms with Crippen molar-refractivity contribution in [3.05, 3.63) is 77.6 Å². The maximum atomic E-state index is 4.68. The van der Waals surface area contributed by atoms with Gasteiger partial charge in [0.15, 0.2) is 22.8 Å². The number of rotatable bonds is 6. The molecule has 0 aliphatic heterocycles. The zero-order valence-corrected chi connectivity index (χ0v) is 16.0. The van der Waals surface area contributed by atoms with Crippen molar-refractivity contribution in [2.24, 2.45) is 0 Å². The summed E-state index contributed by atoms with van der Waals surface area (Å²) in [5.74, 6) is 1.65. The highest BCUT2D eigenvalue weighted by molar-refractivity contribution is 7.08. The van der Waals surface area contributed by atoms with Crippen LogP contribution in [-0.4, -0.2) is 29.5 Å². The standard InChI is InChI=1S/C20H16N8S/c1-2-4-14(5-3-1)10-23-18-17-19(28(13-24-17)15-6-9-29-12-15)27-20(26-18)25-16-11-21-7-8-22-16/h1-9,11-13H,10H2,(H2,22,23,25,26,27). The summed E-state index contributed by atoms with van der Waals surface area (Å²) in [5.41, 5.74) is 3.58. The van der Waals surface area contributed by atoms with Gasteiger partial charge in [-0.2, -0.15) is 21.3 Å². The Morgan fingerprint density at radius 1 is 1.00 bits per heavy atom. The maximum absolute atomic E-state index is 4.68. The number of benzene rings is 1. The quantitative estimate of drug-likeness (QED) is 0.444. The van der Waals surface area contributed by atoms with E-state index in [2.05, 4.69) is 53.1 Å². The van der Waals surface area contributed by atoms with E-state index in [9.17, 15) is 0 Å². The van der Waals surface area contributed by atoms with E-state index in [4.69, 9.17) is 0 Å². The van der Waals surface area contributed by atoms with E-state index in [-0.39, 0.29) is 0 Å². The van der Waals surface area contributed by atoms with Crippen LogP contribution in [0.3, 0.4) is 0 Å². The van der Waals surface area contributed by atoms with Gasteiger partial charge in [-0.25, -0.2) is 9.97 Å². The molecular weight excluding hydrogens is 384 g/mol. The van der Waals surface area contributed by atoms with Gasteiger partial charge in [0, 0.05) is 24.3 Å². The average Bonchev–Trinajstić information content (AvgIpc) is 3.43. The third-order valence-corrected chi connectivity index (χ3v) is 4.96. The van der Waals surface area contributed by atoms with E-state index in [1.54, 1.807) is 36.3 Å². The molecule has 0 spiro atoms. The van der Waals surface area contributed by atoms with Gasteiger partial charge in [-0.05, 0) is 17.0 Å². The minimum absolute atomic E-state index is 0.422. The van der Waals surface area contributed by atoms with Crippen LogP contribution in [-0.2, 0) is 6.54 Å². The summed E-state index contributed by atoms with van der Waals surface area (Å²) in [6.07, 6.45) is 6.63. The van der Waals surface area contributed by atoms with E-state index in [0.717, 1.165) is 11.3 Å². The van der Waals surface area contributed by atoms with Crippen molar-refractivity contribution >= 4 is 40.1 Å². The number of nitrogens with zero attached hydrogens (tertiary/aromatic N) is 6. The Hall–Kier alpha value is -3.85. The van der Waals surface area contributed by atoms with Gasteiger partial charge in [-0.1, -0.05) is 30.3 Å². The van der Waals surface area contributed by atoms with Gasteiger partial charge < -0.3 is 10.6 Å². The lowest BCUT2D eigenvalue weighted by molar-refractivity contribution is 1.06. The van der Waals surface area contributed by atoms with Crippen molar-refractivity contribution in [1.29, 1.82) is 0 Å². The third-order valence-electron chi connectivity index (χ3n) is 4.29. The van der Waals surface area contributed by atoms with E-state index in [1.165, 1.54) is 0 Å². The molecule has 4 heterocycles. The first kappa shape index (κ1) is 17.3. The fourth-order valence-electron chi connectivity index (χ4n) is 2.92. The van der Waals surface area contributed by atoms with Crippen LogP contribution < -0.4 is 10.6 Å². The van der Waals surface area contributed by atoms with Gasteiger partial charge in [0.25, 0.3) is 0 Å². The van der Waals surface area contributed by atoms with Crippen LogP contribution >= 0.6 is 11.3 Å². The maximum Gasteiger partial charge on any atom is 0.232 e. The van der Waals surface area contributed by atoms with Crippen molar-refractivity contribution in [2.75, 3.05) is 10.6 Å². The highest BCUT2D eigenvalue weighted by atomic mass is 32.1. The van der Waals surface area contributed by atoms with Crippen LogP contribution in [0.15, 0.2) is 72.1 Å². The van der Waals surface area contributed by atoms with Crippen molar-refractivity contribution in [3.63, 3.8) is 0 Å². The highest BCUT2D eigenvalue weighted by Crippen LogP contribution is 2.25. The molecule has 0 fully saturated rings. The van der Waals surface area contributed by atoms with Gasteiger partial charge in [0.2, 0.25) is 5.95 Å². The molecule has 8 nitrogen and oxygen atoms in total. The van der Waals surface area contributed by atoms with Crippen molar-refractivity contribution in [2.45, 2.75) is 6.54 Å². The van der Waals surface area contributed by atoms with E-state index >= 15 is 0 Å². The van der Waals surface area contributed by atoms with Gasteiger partial charge in [-0.3, -0.25) is 9.55 Å². The molecule has 0 amide bonds. The molecule has 5 rings (SSSR count). The fraction of sp³-hybridized carbons (Fsp3) is 0.0500. The Kier molecular flexibility index (Phi) is 4.55. The Morgan fingerprint density at radius 3 is 2.72 bits per heavy atom. The van der Waals surface area contributed by atoms with E-state index < -0.39 is 0 Å². The molecule has 0 atom stereocenters. The summed E-state index contributed by atoms with van der Waals surface area (Å²) in [4.78, 5) is 22.2. The zero-order chi connectivity index (χ0) is 19.5. The Balaban J connectivity index is 1.56. The summed E-state index contributed by atoms with van der Waals surface area (Å²) in [6.45, 7) is 0.628. The van der Waals surface area contributed by atoms with E-state index in [1.807, 2.05) is 34.2 Å². The predicted molar refractivity (Wildman–Crippen MR) is 114 cm³/mol. The molecule has 2 N–H and O–H groups in total. The first-order chi connectivity index (χ1) is 14.4. The number of hydrogen-bond donors (Lipinski definition) is 2. The molecule has 4 aromatic heterocycles. The molecule has 0 unspecified atom stereocenters. The molecule has 0 radical (unpaired) electrons. The second-order valence-corrected chi connectivity index (χ2v) is 7.00. The Bertz CT molecular complexity index is 1220. The van der Waals surface area contributed by atoms with Crippen LogP contribution in [0.1, 0.15) is 5.56 Å². The lowest BCUT2D eigenvalue weighted by atomic mass is 10.2. The molecule has 0 saturated carbocycles. The van der Waals surface area contributed by atoms with Gasteiger partial charge >= 0.3 is 0 Å². The van der Waals surface area contributed by atoms with Crippen molar-refractivity contribution < 1.29 is 0 Å². The van der Waals surface area contributed by atoms with Crippen LogP contribution in [0, 0.1) is 0 Å². The third kappa shape index (κ3) is 3.63. The number of fused-ring (bicyclic) bond motifs is 1. The molecule has 0 aliphatic carbocycles. The second-order valence-electron chi connectivity index (χ2n) is 6.22. The van der Waals surface area contributed by atoms with Crippen LogP contribution in [0.2, 0.25) is 0 Å². The normalized spacial score (nSPS) is 10.9. The molecule has 0 bridgehead atoms. The molecule has 9 heteroatoms. The fourth-order valence-corrected chi connectivity index (χ4v) is 3.55. The van der Waals surface area contributed by atoms with Gasteiger partial charge in [0.1, 0.15) is 6.33 Å². The smallest absolute Gasteiger partial charge is 0.232 e. The molecule has 0 saturated heterocycles. The van der Waals surface area contributed by atoms with Gasteiger partial charge in [-0.15, -0.1) is 0 Å². The average molecular weight is 400 g/mol. The first-order valence-corrected chi connectivity index (χ1v) is 9.89. The highest BCUT2D eigenvalue weighted by Gasteiger charge is 2.15. The summed E-state index contributed by atoms with van der Waals surface area (Å²) in [7, 11) is 0. The van der Waals surface area contributed by atoms with Crippen molar-refractivity contribution in [1.82, 2.24) is 29.5 Å². The summed E-state index contributed by atoms with van der Waals surface area (Å²) in [6, 6.07) is 12.2. The second kappa shape index (κ2) is 7.64. The number of thiophene rings is 1. The number of hydrogen-bond acceptors (Lipinski definition) is 8. The Morgan fingerprint density at radius 2 is 1.93 bits per heavy atom. The minimum atomic E-state index is 0.422. The topological polar surface area (TPSA) is 93.4 Å². The van der Waals surface area contributed by atoms with Gasteiger partial charge in [0.05, 0.1) is 11.9 Å². The molecule has 142 valence electrons. The van der Waals surface area contributed by atoms with Crippen LogP contribution in [0.25, 0.3) is 16.9 Å². The largest absolute Gasteiger partial charge is 0.364 e. The van der Waals surface area contributed by atoms with Crippen molar-refractivity contribution in [3.8, 4) is 5.69 Å². The summed E-state index contributed by atoms with van der Waals surface area (Å²) < 4.78 is 1.95. The first-order valence-electron chi connectivity index (χ1n) is 8.95. The lowest BCUT2D eigenvalue weighted by Crippen LogP contribution is -2.07. The molecule has 5 aromatic rings. The van der Waals surface area contributed by atoms with Crippen LogP contribution in [0.5, 0.6) is 0 Å².